The largest absolute Gasteiger partial charge is 0.464 e. The van der Waals surface area contributed by atoms with E-state index in [2.05, 4.69) is 5.32 Å². The van der Waals surface area contributed by atoms with Crippen molar-refractivity contribution in [1.29, 1.82) is 0 Å². The van der Waals surface area contributed by atoms with Crippen LogP contribution in [0.1, 0.15) is 52.4 Å². The molecule has 0 saturated carbocycles. The monoisotopic (exact) mass is 324 g/mol. The normalized spacial score (nSPS) is 10.8. The van der Waals surface area contributed by atoms with Crippen molar-refractivity contribution in [2.45, 2.75) is 40.7 Å². The van der Waals surface area contributed by atoms with Gasteiger partial charge in [-0.1, -0.05) is 0 Å². The van der Waals surface area contributed by atoms with Crippen molar-refractivity contribution in [1.82, 2.24) is 9.88 Å². The molecule has 1 aromatic rings. The molecule has 0 aliphatic rings. The second-order valence-electron chi connectivity index (χ2n) is 5.32. The van der Waals surface area contributed by atoms with Gasteiger partial charge < -0.3 is 19.4 Å². The van der Waals surface area contributed by atoms with Crippen molar-refractivity contribution in [3.05, 3.63) is 22.5 Å². The highest BCUT2D eigenvalue weighted by Crippen LogP contribution is 2.23. The van der Waals surface area contributed by atoms with Crippen molar-refractivity contribution in [2.24, 2.45) is 0 Å². The molecule has 0 saturated heterocycles. The zero-order valence-corrected chi connectivity index (χ0v) is 14.8. The zero-order valence-electron chi connectivity index (χ0n) is 14.8. The molecule has 0 atom stereocenters. The number of nitrogens with one attached hydrogen (secondary N) is 1. The van der Waals surface area contributed by atoms with Gasteiger partial charge in [-0.2, -0.15) is 0 Å². The fourth-order valence-electron chi connectivity index (χ4n) is 2.79. The van der Waals surface area contributed by atoms with Crippen LogP contribution in [0.15, 0.2) is 0 Å². The minimum absolute atomic E-state index is 0.00578. The van der Waals surface area contributed by atoms with Crippen molar-refractivity contribution < 1.29 is 19.1 Å². The van der Waals surface area contributed by atoms with Gasteiger partial charge in [0.25, 0.3) is 0 Å². The van der Waals surface area contributed by atoms with Gasteiger partial charge in [0.15, 0.2) is 5.78 Å². The molecule has 0 aliphatic carbocycles. The number of Topliss-reactive ketones (excluding diaryl/α,β-unsaturated/α-hetero) is 1. The summed E-state index contributed by atoms with van der Waals surface area (Å²) in [5, 5.41) is 3.13. The summed E-state index contributed by atoms with van der Waals surface area (Å²) in [6, 6.07) is 0. The molecule has 0 bridgehead atoms. The van der Waals surface area contributed by atoms with E-state index < -0.39 is 5.97 Å². The Kier molecular flexibility index (Phi) is 7.98. The summed E-state index contributed by atoms with van der Waals surface area (Å²) in [5.41, 5.74) is 2.58. The minimum atomic E-state index is -0.406. The molecule has 1 heterocycles. The topological polar surface area (TPSA) is 69.6 Å². The Morgan fingerprint density at radius 3 is 2.48 bits per heavy atom. The Balaban J connectivity index is 2.81. The second-order valence-corrected chi connectivity index (χ2v) is 5.32. The van der Waals surface area contributed by atoms with Crippen LogP contribution in [0.25, 0.3) is 0 Å². The van der Waals surface area contributed by atoms with E-state index in [9.17, 15) is 9.59 Å². The van der Waals surface area contributed by atoms with Gasteiger partial charge >= 0.3 is 5.97 Å². The average Bonchev–Trinajstić information content (AvgIpc) is 2.79. The summed E-state index contributed by atoms with van der Waals surface area (Å²) in [5.74, 6) is -0.412. The molecular weight excluding hydrogens is 296 g/mol. The van der Waals surface area contributed by atoms with Crippen LogP contribution in [0.2, 0.25) is 0 Å². The molecule has 6 nitrogen and oxygen atoms in total. The number of hydrogen-bond donors (Lipinski definition) is 1. The highest BCUT2D eigenvalue weighted by molar-refractivity contribution is 6.03. The summed E-state index contributed by atoms with van der Waals surface area (Å²) >= 11 is 0. The summed E-state index contributed by atoms with van der Waals surface area (Å²) in [6.07, 6.45) is 0.864. The van der Waals surface area contributed by atoms with Gasteiger partial charge in [-0.05, 0) is 46.2 Å². The van der Waals surface area contributed by atoms with Crippen LogP contribution in [0.4, 0.5) is 0 Å². The fourth-order valence-corrected chi connectivity index (χ4v) is 2.79. The number of hydrogen-bond acceptors (Lipinski definition) is 5. The van der Waals surface area contributed by atoms with E-state index in [1.165, 1.54) is 7.11 Å². The first-order valence-corrected chi connectivity index (χ1v) is 8.09. The van der Waals surface area contributed by atoms with Gasteiger partial charge in [0.1, 0.15) is 5.69 Å². The van der Waals surface area contributed by atoms with Crippen molar-refractivity contribution in [2.75, 3.05) is 33.4 Å². The molecule has 0 radical (unpaired) electrons. The molecule has 0 unspecified atom stereocenters. The first-order chi connectivity index (χ1) is 11.0. The summed E-state index contributed by atoms with van der Waals surface area (Å²) in [7, 11) is 1.35. The minimum Gasteiger partial charge on any atom is -0.464 e. The van der Waals surface area contributed by atoms with Crippen LogP contribution < -0.4 is 5.32 Å². The van der Waals surface area contributed by atoms with Crippen LogP contribution in [0, 0.1) is 13.8 Å². The number of carbonyl (C=O) groups is 2. The number of ketones is 1. The van der Waals surface area contributed by atoms with E-state index in [1.807, 2.05) is 25.3 Å². The van der Waals surface area contributed by atoms with E-state index in [1.54, 1.807) is 6.92 Å². The zero-order chi connectivity index (χ0) is 17.4. The first kappa shape index (κ1) is 19.4. The Labute approximate surface area is 138 Å². The standard InChI is InChI=1S/C17H28N2O4/c1-6-19-13(4)15(12(3)16(19)17(21)22-5)14(20)11-18-9-8-10-23-7-2/h18H,6-11H2,1-5H3. The smallest absolute Gasteiger partial charge is 0.354 e. The van der Waals surface area contributed by atoms with Gasteiger partial charge in [-0.3, -0.25) is 4.79 Å². The third-order valence-corrected chi connectivity index (χ3v) is 3.87. The van der Waals surface area contributed by atoms with E-state index in [4.69, 9.17) is 9.47 Å². The van der Waals surface area contributed by atoms with E-state index in [-0.39, 0.29) is 12.3 Å². The van der Waals surface area contributed by atoms with Gasteiger partial charge in [-0.15, -0.1) is 0 Å². The fraction of sp³-hybridized carbons (Fsp3) is 0.647. The number of ether oxygens (including phenoxy) is 2. The summed E-state index contributed by atoms with van der Waals surface area (Å²) in [4.78, 5) is 24.5. The summed E-state index contributed by atoms with van der Waals surface area (Å²) in [6.45, 7) is 10.6. The highest BCUT2D eigenvalue weighted by atomic mass is 16.5. The number of nitrogens with zero attached hydrogens (tertiary/aromatic N) is 1. The predicted octanol–water partition coefficient (Wildman–Crippen LogP) is 2.11. The lowest BCUT2D eigenvalue weighted by molar-refractivity contribution is 0.0587. The quantitative estimate of drug-likeness (QED) is 0.405. The second kappa shape index (κ2) is 9.47. The third-order valence-electron chi connectivity index (χ3n) is 3.87. The molecule has 23 heavy (non-hydrogen) atoms. The molecule has 0 spiro atoms. The van der Waals surface area contributed by atoms with Crippen LogP contribution in [0.5, 0.6) is 0 Å². The van der Waals surface area contributed by atoms with Crippen LogP contribution in [0.3, 0.4) is 0 Å². The number of esters is 1. The lowest BCUT2D eigenvalue weighted by Gasteiger charge is -2.07. The van der Waals surface area contributed by atoms with E-state index in [0.29, 0.717) is 36.6 Å². The Morgan fingerprint density at radius 1 is 1.22 bits per heavy atom. The van der Waals surface area contributed by atoms with Crippen molar-refractivity contribution >= 4 is 11.8 Å². The number of aromatic nitrogens is 1. The predicted molar refractivity (Wildman–Crippen MR) is 89.2 cm³/mol. The third kappa shape index (κ3) is 4.65. The van der Waals surface area contributed by atoms with Crippen LogP contribution >= 0.6 is 0 Å². The van der Waals surface area contributed by atoms with Crippen molar-refractivity contribution in [3.8, 4) is 0 Å². The number of methoxy groups -OCH3 is 1. The molecule has 1 aromatic heterocycles. The first-order valence-electron chi connectivity index (χ1n) is 8.09. The van der Waals surface area contributed by atoms with Gasteiger partial charge in [0.2, 0.25) is 0 Å². The molecule has 6 heteroatoms. The molecule has 1 rings (SSSR count). The van der Waals surface area contributed by atoms with Gasteiger partial charge in [0, 0.05) is 31.0 Å². The lowest BCUT2D eigenvalue weighted by atomic mass is 10.1. The van der Waals surface area contributed by atoms with Crippen LogP contribution in [-0.2, 0) is 16.0 Å². The number of carbonyl (C=O) groups excluding carboxylic acids is 2. The maximum absolute atomic E-state index is 12.5. The Hall–Kier alpha value is -1.66. The Bertz CT molecular complexity index is 549. The maximum atomic E-state index is 12.5. The number of rotatable bonds is 10. The van der Waals surface area contributed by atoms with Crippen LogP contribution in [-0.4, -0.2) is 49.7 Å². The van der Waals surface area contributed by atoms with Gasteiger partial charge in [0.05, 0.1) is 13.7 Å². The molecule has 0 amide bonds. The average molecular weight is 324 g/mol. The molecule has 1 N–H and O–H groups in total. The molecule has 130 valence electrons. The van der Waals surface area contributed by atoms with E-state index >= 15 is 0 Å². The molecule has 0 aliphatic heterocycles. The molecular formula is C17H28N2O4. The SMILES string of the molecule is CCOCCCNCC(=O)c1c(C)c(C(=O)OC)n(CC)c1C. The summed E-state index contributed by atoms with van der Waals surface area (Å²) < 4.78 is 11.9. The van der Waals surface area contributed by atoms with Gasteiger partial charge in [-0.25, -0.2) is 4.79 Å². The van der Waals surface area contributed by atoms with Crippen molar-refractivity contribution in [3.63, 3.8) is 0 Å². The van der Waals surface area contributed by atoms with E-state index in [0.717, 1.165) is 18.7 Å². The molecule has 0 aromatic carbocycles. The maximum Gasteiger partial charge on any atom is 0.354 e. The Morgan fingerprint density at radius 2 is 1.91 bits per heavy atom. The lowest BCUT2D eigenvalue weighted by Crippen LogP contribution is -2.25. The highest BCUT2D eigenvalue weighted by Gasteiger charge is 2.25. The molecule has 0 fully saturated rings.